The Bertz CT molecular complexity index is 757. The van der Waals surface area contributed by atoms with Crippen LogP contribution >= 0.6 is 11.6 Å². The quantitative estimate of drug-likeness (QED) is 0.666. The lowest BCUT2D eigenvalue weighted by Crippen LogP contribution is -2.27. The number of benzene rings is 1. The van der Waals surface area contributed by atoms with E-state index in [1.165, 1.54) is 12.1 Å². The molecule has 8 heteroatoms. The Morgan fingerprint density at radius 3 is 2.61 bits per heavy atom. The van der Waals surface area contributed by atoms with Crippen LogP contribution in [0.3, 0.4) is 0 Å². The van der Waals surface area contributed by atoms with E-state index < -0.39 is 11.0 Å². The molecule has 0 aliphatic carbocycles. The van der Waals surface area contributed by atoms with Gasteiger partial charge in [0.1, 0.15) is 11.7 Å². The number of aromatic nitrogens is 2. The predicted octanol–water partition coefficient (Wildman–Crippen LogP) is 3.65. The van der Waals surface area contributed by atoms with Crippen molar-refractivity contribution in [2.24, 2.45) is 0 Å². The number of para-hydroxylation sites is 2. The fourth-order valence-corrected chi connectivity index (χ4v) is 2.49. The maximum atomic E-state index is 12.6. The second-order valence-corrected chi connectivity index (χ2v) is 5.49. The highest BCUT2D eigenvalue weighted by Crippen LogP contribution is 2.27. The van der Waals surface area contributed by atoms with Crippen molar-refractivity contribution in [3.05, 3.63) is 50.8 Å². The molecular formula is C15H17ClN4O3. The minimum Gasteiger partial charge on any atom is -0.318 e. The van der Waals surface area contributed by atoms with Gasteiger partial charge in [-0.1, -0.05) is 30.7 Å². The summed E-state index contributed by atoms with van der Waals surface area (Å²) in [5, 5.41) is 18.5. The number of aryl methyl sites for hydroxylation is 1. The molecule has 2 rings (SSSR count). The van der Waals surface area contributed by atoms with Crippen LogP contribution in [0.25, 0.3) is 0 Å². The number of hydrogen-bond acceptors (Lipinski definition) is 4. The normalized spacial score (nSPS) is 12.0. The van der Waals surface area contributed by atoms with Crippen LogP contribution in [0.15, 0.2) is 24.3 Å². The van der Waals surface area contributed by atoms with Crippen LogP contribution in [0.4, 0.5) is 11.4 Å². The molecule has 7 nitrogen and oxygen atoms in total. The van der Waals surface area contributed by atoms with E-state index in [0.717, 1.165) is 0 Å². The first-order valence-corrected chi connectivity index (χ1v) is 7.50. The molecule has 2 aromatic rings. The SMILES string of the molecule is CCC(C(=O)Nc1ccccc1[N+](=O)[O-])n1nc(C)c(Cl)c1C. The van der Waals surface area contributed by atoms with Gasteiger partial charge in [0.05, 0.1) is 21.3 Å². The van der Waals surface area contributed by atoms with Crippen LogP contribution in [-0.2, 0) is 4.79 Å². The summed E-state index contributed by atoms with van der Waals surface area (Å²) in [6.45, 7) is 5.38. The summed E-state index contributed by atoms with van der Waals surface area (Å²) in [5.74, 6) is -0.371. The third kappa shape index (κ3) is 3.34. The zero-order valence-electron chi connectivity index (χ0n) is 13.0. The number of amides is 1. The third-order valence-electron chi connectivity index (χ3n) is 3.58. The van der Waals surface area contributed by atoms with E-state index in [1.54, 1.807) is 30.7 Å². The van der Waals surface area contributed by atoms with Crippen LogP contribution < -0.4 is 5.32 Å². The lowest BCUT2D eigenvalue weighted by atomic mass is 10.2. The molecule has 0 spiro atoms. The number of nitro benzene ring substituents is 1. The van der Waals surface area contributed by atoms with Gasteiger partial charge in [-0.2, -0.15) is 5.10 Å². The maximum Gasteiger partial charge on any atom is 0.292 e. The summed E-state index contributed by atoms with van der Waals surface area (Å²) in [6, 6.07) is 5.42. The number of rotatable bonds is 5. The molecular weight excluding hydrogens is 320 g/mol. The van der Waals surface area contributed by atoms with E-state index in [9.17, 15) is 14.9 Å². The molecule has 0 saturated carbocycles. The number of nitrogens with one attached hydrogen (secondary N) is 1. The van der Waals surface area contributed by atoms with Crippen LogP contribution in [0.5, 0.6) is 0 Å². The second kappa shape index (κ2) is 6.78. The number of nitrogens with zero attached hydrogens (tertiary/aromatic N) is 3. The summed E-state index contributed by atoms with van der Waals surface area (Å²) >= 11 is 6.13. The number of hydrogen-bond donors (Lipinski definition) is 1. The van der Waals surface area contributed by atoms with E-state index in [-0.39, 0.29) is 17.3 Å². The molecule has 1 atom stereocenters. The molecule has 0 saturated heterocycles. The largest absolute Gasteiger partial charge is 0.318 e. The molecule has 1 N–H and O–H groups in total. The first-order chi connectivity index (χ1) is 10.9. The fraction of sp³-hybridized carbons (Fsp3) is 0.333. The molecule has 1 unspecified atom stereocenters. The molecule has 0 bridgehead atoms. The number of anilines is 1. The Labute approximate surface area is 138 Å². The fourth-order valence-electron chi connectivity index (χ4n) is 2.37. The number of carbonyl (C=O) groups excluding carboxylic acids is 1. The van der Waals surface area contributed by atoms with Gasteiger partial charge < -0.3 is 5.32 Å². The Kier molecular flexibility index (Phi) is 5.00. The summed E-state index contributed by atoms with van der Waals surface area (Å²) < 4.78 is 1.56. The summed E-state index contributed by atoms with van der Waals surface area (Å²) in [5.41, 5.74) is 1.34. The monoisotopic (exact) mass is 336 g/mol. The van der Waals surface area contributed by atoms with Gasteiger partial charge >= 0.3 is 0 Å². The molecule has 0 fully saturated rings. The highest BCUT2D eigenvalue weighted by molar-refractivity contribution is 6.31. The summed E-state index contributed by atoms with van der Waals surface area (Å²) in [6.07, 6.45) is 0.477. The Balaban J connectivity index is 2.31. The van der Waals surface area contributed by atoms with Gasteiger partial charge in [-0.15, -0.1) is 0 Å². The molecule has 122 valence electrons. The average molecular weight is 337 g/mol. The van der Waals surface area contributed by atoms with E-state index >= 15 is 0 Å². The Morgan fingerprint density at radius 2 is 2.09 bits per heavy atom. The summed E-state index contributed by atoms with van der Waals surface area (Å²) in [7, 11) is 0. The first kappa shape index (κ1) is 17.0. The van der Waals surface area contributed by atoms with Gasteiger partial charge in [0.15, 0.2) is 0 Å². The van der Waals surface area contributed by atoms with Crippen molar-refractivity contribution in [1.29, 1.82) is 0 Å². The lowest BCUT2D eigenvalue weighted by molar-refractivity contribution is -0.383. The number of carbonyl (C=O) groups is 1. The van der Waals surface area contributed by atoms with Crippen LogP contribution in [0, 0.1) is 24.0 Å². The van der Waals surface area contributed by atoms with Crippen molar-refractivity contribution < 1.29 is 9.72 Å². The zero-order chi connectivity index (χ0) is 17.1. The highest BCUT2D eigenvalue weighted by atomic mass is 35.5. The summed E-state index contributed by atoms with van der Waals surface area (Å²) in [4.78, 5) is 23.1. The molecule has 0 aliphatic heterocycles. The molecule has 1 aromatic heterocycles. The van der Waals surface area contributed by atoms with Gasteiger partial charge in [0, 0.05) is 6.07 Å². The van der Waals surface area contributed by atoms with Crippen LogP contribution in [0.1, 0.15) is 30.8 Å². The second-order valence-electron chi connectivity index (χ2n) is 5.12. The van der Waals surface area contributed by atoms with Crippen molar-refractivity contribution in [1.82, 2.24) is 9.78 Å². The Morgan fingerprint density at radius 1 is 1.43 bits per heavy atom. The van der Waals surface area contributed by atoms with E-state index in [0.29, 0.717) is 22.8 Å². The molecule has 0 aliphatic rings. The third-order valence-corrected chi connectivity index (χ3v) is 4.13. The van der Waals surface area contributed by atoms with Crippen molar-refractivity contribution in [2.45, 2.75) is 33.2 Å². The minimum absolute atomic E-state index is 0.151. The number of nitro groups is 1. The van der Waals surface area contributed by atoms with E-state index in [4.69, 9.17) is 11.6 Å². The average Bonchev–Trinajstić information content (AvgIpc) is 2.76. The maximum absolute atomic E-state index is 12.6. The van der Waals surface area contributed by atoms with Gasteiger partial charge in [0.2, 0.25) is 5.91 Å². The van der Waals surface area contributed by atoms with Crippen LogP contribution in [-0.4, -0.2) is 20.6 Å². The van der Waals surface area contributed by atoms with Crippen molar-refractivity contribution in [2.75, 3.05) is 5.32 Å². The topological polar surface area (TPSA) is 90.1 Å². The van der Waals surface area contributed by atoms with Crippen LogP contribution in [0.2, 0.25) is 5.02 Å². The highest BCUT2D eigenvalue weighted by Gasteiger charge is 2.25. The predicted molar refractivity (Wildman–Crippen MR) is 87.8 cm³/mol. The molecule has 23 heavy (non-hydrogen) atoms. The van der Waals surface area contributed by atoms with Gasteiger partial charge in [-0.05, 0) is 26.3 Å². The molecule has 1 aromatic carbocycles. The van der Waals surface area contributed by atoms with Crippen molar-refractivity contribution in [3.63, 3.8) is 0 Å². The van der Waals surface area contributed by atoms with Gasteiger partial charge in [0.25, 0.3) is 5.69 Å². The number of halogens is 1. The van der Waals surface area contributed by atoms with Crippen molar-refractivity contribution in [3.8, 4) is 0 Å². The van der Waals surface area contributed by atoms with E-state index in [2.05, 4.69) is 10.4 Å². The Hall–Kier alpha value is -2.41. The molecule has 0 radical (unpaired) electrons. The van der Waals surface area contributed by atoms with Crippen molar-refractivity contribution >= 4 is 28.9 Å². The molecule has 1 heterocycles. The van der Waals surface area contributed by atoms with Gasteiger partial charge in [-0.25, -0.2) is 0 Å². The molecule has 1 amide bonds. The standard InChI is InChI=1S/C15H17ClN4O3/c1-4-12(19-10(3)14(16)9(2)18-19)15(21)17-11-7-5-6-8-13(11)20(22)23/h5-8,12H,4H2,1-3H3,(H,17,21). The van der Waals surface area contributed by atoms with Gasteiger partial charge in [-0.3, -0.25) is 19.6 Å². The minimum atomic E-state index is -0.596. The lowest BCUT2D eigenvalue weighted by Gasteiger charge is -2.17. The van der Waals surface area contributed by atoms with E-state index in [1.807, 2.05) is 6.92 Å². The zero-order valence-corrected chi connectivity index (χ0v) is 13.8. The smallest absolute Gasteiger partial charge is 0.292 e. The first-order valence-electron chi connectivity index (χ1n) is 7.12.